The van der Waals surface area contributed by atoms with Crippen LogP contribution in [-0.2, 0) is 0 Å². The van der Waals surface area contributed by atoms with Gasteiger partial charge in [-0.1, -0.05) is 58.0 Å². The monoisotopic (exact) mass is 307 g/mol. The first-order valence-electron chi connectivity index (χ1n) is 8.06. The second-order valence-corrected chi connectivity index (χ2v) is 4.60. The molecule has 2 heterocycles. The van der Waals surface area contributed by atoms with E-state index in [-0.39, 0.29) is 11.3 Å². The third kappa shape index (κ3) is 2.59. The average molecular weight is 307 g/mol. The maximum Gasteiger partial charge on any atom is 0.263 e. The Kier molecular flexibility index (Phi) is 5.12. The minimum Gasteiger partial charge on any atom is -0.287 e. The molecule has 0 N–H and O–H groups in total. The molecule has 0 saturated carbocycles. The average Bonchev–Trinajstić information content (AvgIpc) is 2.92. The Bertz CT molecular complexity index is 907. The summed E-state index contributed by atoms with van der Waals surface area (Å²) in [6, 6.07) is 16.3. The highest BCUT2D eigenvalue weighted by Gasteiger charge is 2.27. The number of hydrogen-bond acceptors (Lipinski definition) is 2. The molecule has 3 nitrogen and oxygen atoms in total. The van der Waals surface area contributed by atoms with Crippen LogP contribution < -0.4 is 5.56 Å². The van der Waals surface area contributed by atoms with Gasteiger partial charge in [-0.15, -0.1) is 0 Å². The molecule has 0 bridgehead atoms. The maximum atomic E-state index is 12.5. The van der Waals surface area contributed by atoms with E-state index in [1.54, 1.807) is 24.3 Å². The van der Waals surface area contributed by atoms with Gasteiger partial charge in [0.05, 0.1) is 11.4 Å². The lowest BCUT2D eigenvalue weighted by atomic mass is 10.1. The van der Waals surface area contributed by atoms with E-state index >= 15 is 0 Å². The van der Waals surface area contributed by atoms with E-state index < -0.39 is 0 Å². The first-order chi connectivity index (χ1) is 11.3. The number of hydrogen-bond donors (Lipinski definition) is 0. The van der Waals surface area contributed by atoms with Crippen molar-refractivity contribution in [3.05, 3.63) is 76.2 Å². The van der Waals surface area contributed by atoms with Crippen LogP contribution in [0.15, 0.2) is 59.4 Å². The summed E-state index contributed by atoms with van der Waals surface area (Å²) in [5.74, 6) is -0.0848. The molecule has 3 heteroatoms. The number of nitrogens with zero attached hydrogens (tertiary/aromatic N) is 1. The highest BCUT2D eigenvalue weighted by atomic mass is 16.1. The number of para-hydroxylation sites is 1. The van der Waals surface area contributed by atoms with Gasteiger partial charge in [0.1, 0.15) is 0 Å². The van der Waals surface area contributed by atoms with Crippen LogP contribution in [0.2, 0.25) is 0 Å². The van der Waals surface area contributed by atoms with Crippen molar-refractivity contribution in [1.29, 1.82) is 0 Å². The van der Waals surface area contributed by atoms with Crippen LogP contribution >= 0.6 is 0 Å². The molecule has 3 aromatic rings. The molecule has 2 aromatic carbocycles. The Balaban J connectivity index is 0.000000448. The molecule has 1 aliphatic heterocycles. The fourth-order valence-electron chi connectivity index (χ4n) is 2.66. The summed E-state index contributed by atoms with van der Waals surface area (Å²) in [6.45, 7) is 8.00. The van der Waals surface area contributed by atoms with E-state index in [0.29, 0.717) is 22.3 Å². The predicted octanol–water partition coefficient (Wildman–Crippen LogP) is 4.59. The Morgan fingerprint density at radius 1 is 0.783 bits per heavy atom. The summed E-state index contributed by atoms with van der Waals surface area (Å²) in [6.07, 6.45) is 0. The molecular formula is C20H21NO2. The smallest absolute Gasteiger partial charge is 0.263 e. The fraction of sp³-hybridized carbons (Fsp3) is 0.200. The van der Waals surface area contributed by atoms with E-state index in [4.69, 9.17) is 0 Å². The van der Waals surface area contributed by atoms with Crippen LogP contribution in [0.4, 0.5) is 0 Å². The second-order valence-electron chi connectivity index (χ2n) is 4.60. The van der Waals surface area contributed by atoms with E-state index in [1.165, 1.54) is 4.57 Å². The Labute approximate surface area is 136 Å². The SMILES string of the molecule is CC.CC.O=C1c2ccccc2-n2c1cc1ccccc1c2=O. The second kappa shape index (κ2) is 7.05. The summed E-state index contributed by atoms with van der Waals surface area (Å²) in [5.41, 5.74) is 1.59. The number of benzene rings is 2. The third-order valence-corrected chi connectivity index (χ3v) is 3.55. The number of carbonyl (C=O) groups excluding carboxylic acids is 1. The van der Waals surface area contributed by atoms with Crippen molar-refractivity contribution in [2.75, 3.05) is 0 Å². The van der Waals surface area contributed by atoms with Gasteiger partial charge in [-0.25, -0.2) is 0 Å². The minimum absolute atomic E-state index is 0.0848. The number of fused-ring (bicyclic) bond motifs is 4. The van der Waals surface area contributed by atoms with Gasteiger partial charge >= 0.3 is 0 Å². The molecule has 0 spiro atoms. The molecule has 23 heavy (non-hydrogen) atoms. The highest BCUT2D eigenvalue weighted by molar-refractivity contribution is 6.15. The van der Waals surface area contributed by atoms with E-state index in [1.807, 2.05) is 58.0 Å². The number of pyridine rings is 1. The molecule has 1 aliphatic rings. The summed E-state index contributed by atoms with van der Waals surface area (Å²) < 4.78 is 1.51. The van der Waals surface area contributed by atoms with Crippen LogP contribution in [0.3, 0.4) is 0 Å². The number of ketones is 1. The van der Waals surface area contributed by atoms with Crippen molar-refractivity contribution in [2.24, 2.45) is 0 Å². The van der Waals surface area contributed by atoms with Crippen LogP contribution in [0.25, 0.3) is 16.5 Å². The zero-order valence-corrected chi connectivity index (χ0v) is 14.0. The minimum atomic E-state index is -0.133. The first kappa shape index (κ1) is 16.7. The highest BCUT2D eigenvalue weighted by Crippen LogP contribution is 2.27. The molecule has 1 aromatic heterocycles. The maximum absolute atomic E-state index is 12.5. The van der Waals surface area contributed by atoms with Crippen molar-refractivity contribution < 1.29 is 4.79 Å². The van der Waals surface area contributed by atoms with E-state index in [9.17, 15) is 9.59 Å². The van der Waals surface area contributed by atoms with Crippen molar-refractivity contribution >= 4 is 16.6 Å². The molecule has 0 atom stereocenters. The quantitative estimate of drug-likeness (QED) is 0.477. The lowest BCUT2D eigenvalue weighted by Gasteiger charge is -2.05. The number of rotatable bonds is 0. The van der Waals surface area contributed by atoms with Gasteiger partial charge in [-0.2, -0.15) is 0 Å². The number of aromatic nitrogens is 1. The Morgan fingerprint density at radius 3 is 2.13 bits per heavy atom. The zero-order chi connectivity index (χ0) is 17.0. The largest absolute Gasteiger partial charge is 0.287 e. The summed E-state index contributed by atoms with van der Waals surface area (Å²) in [5, 5.41) is 1.44. The van der Waals surface area contributed by atoms with Crippen molar-refractivity contribution in [2.45, 2.75) is 27.7 Å². The summed E-state index contributed by atoms with van der Waals surface area (Å²) in [7, 11) is 0. The molecular weight excluding hydrogens is 286 g/mol. The molecule has 0 aliphatic carbocycles. The fourth-order valence-corrected chi connectivity index (χ4v) is 2.66. The molecule has 0 saturated heterocycles. The summed E-state index contributed by atoms with van der Waals surface area (Å²) >= 11 is 0. The van der Waals surface area contributed by atoms with Gasteiger partial charge in [-0.3, -0.25) is 14.2 Å². The Morgan fingerprint density at radius 2 is 1.39 bits per heavy atom. The molecule has 0 fully saturated rings. The topological polar surface area (TPSA) is 39.1 Å². The van der Waals surface area contributed by atoms with Gasteiger partial charge in [-0.05, 0) is 29.7 Å². The Hall–Kier alpha value is -2.68. The normalized spacial score (nSPS) is 10.9. The van der Waals surface area contributed by atoms with Gasteiger partial charge < -0.3 is 0 Å². The zero-order valence-electron chi connectivity index (χ0n) is 14.0. The molecule has 0 radical (unpaired) electrons. The molecule has 0 unspecified atom stereocenters. The van der Waals surface area contributed by atoms with Crippen LogP contribution in [-0.4, -0.2) is 10.4 Å². The third-order valence-electron chi connectivity index (χ3n) is 3.55. The van der Waals surface area contributed by atoms with E-state index in [0.717, 1.165) is 5.39 Å². The van der Waals surface area contributed by atoms with Crippen molar-refractivity contribution in [3.63, 3.8) is 0 Å². The first-order valence-corrected chi connectivity index (χ1v) is 8.06. The predicted molar refractivity (Wildman–Crippen MR) is 95.7 cm³/mol. The molecule has 118 valence electrons. The van der Waals surface area contributed by atoms with E-state index in [2.05, 4.69) is 0 Å². The van der Waals surface area contributed by atoms with Crippen molar-refractivity contribution in [3.8, 4) is 5.69 Å². The lowest BCUT2D eigenvalue weighted by molar-refractivity contribution is 0.103. The summed E-state index contributed by atoms with van der Waals surface area (Å²) in [4.78, 5) is 24.9. The standard InChI is InChI=1S/C16H9NO2.2C2H6/c18-15-12-7-3-4-8-13(12)17-14(15)9-10-5-1-2-6-11(10)16(17)19;2*1-2/h1-9H;2*1-2H3. The molecule has 4 rings (SSSR count). The van der Waals surface area contributed by atoms with Crippen LogP contribution in [0.5, 0.6) is 0 Å². The lowest BCUT2D eigenvalue weighted by Crippen LogP contribution is -2.19. The van der Waals surface area contributed by atoms with Gasteiger partial charge in [0.2, 0.25) is 5.78 Å². The van der Waals surface area contributed by atoms with Gasteiger partial charge in [0.25, 0.3) is 5.56 Å². The van der Waals surface area contributed by atoms with Crippen LogP contribution in [0, 0.1) is 0 Å². The number of carbonyl (C=O) groups is 1. The molecule has 0 amide bonds. The van der Waals surface area contributed by atoms with Crippen molar-refractivity contribution in [1.82, 2.24) is 4.57 Å². The van der Waals surface area contributed by atoms with Crippen LogP contribution in [0.1, 0.15) is 43.7 Å². The van der Waals surface area contributed by atoms with Gasteiger partial charge in [0.15, 0.2) is 0 Å². The van der Waals surface area contributed by atoms with Gasteiger partial charge in [0, 0.05) is 10.9 Å².